The molecule has 3 nitrogen and oxygen atoms in total. The van der Waals surface area contributed by atoms with E-state index in [2.05, 4.69) is 36.3 Å². The van der Waals surface area contributed by atoms with Crippen LogP contribution in [-0.2, 0) is 13.2 Å². The van der Waals surface area contributed by atoms with Gasteiger partial charge in [0.15, 0.2) is 0 Å². The molecule has 136 valence electrons. The molecule has 0 radical (unpaired) electrons. The summed E-state index contributed by atoms with van der Waals surface area (Å²) in [6.07, 6.45) is 0. The molecule has 0 aliphatic heterocycles. The lowest BCUT2D eigenvalue weighted by atomic mass is 10.2. The molecular weight excluding hydrogens is 364 g/mol. The number of thiazole rings is 1. The van der Waals surface area contributed by atoms with Gasteiger partial charge in [-0.25, -0.2) is 4.98 Å². The third-order valence-corrected chi connectivity index (χ3v) is 4.91. The summed E-state index contributed by atoms with van der Waals surface area (Å²) >= 11 is 7.55. The van der Waals surface area contributed by atoms with Crippen LogP contribution in [0.4, 0.5) is 0 Å². The Bertz CT molecular complexity index is 830. The number of rotatable bonds is 8. The van der Waals surface area contributed by atoms with E-state index in [1.54, 1.807) is 11.3 Å². The minimum Gasteiger partial charge on any atom is -0.486 e. The van der Waals surface area contributed by atoms with Crippen molar-refractivity contribution in [3.63, 3.8) is 0 Å². The molecule has 0 amide bonds. The molecule has 26 heavy (non-hydrogen) atoms. The van der Waals surface area contributed by atoms with E-state index in [-0.39, 0.29) is 0 Å². The minimum atomic E-state index is 0.473. The van der Waals surface area contributed by atoms with Crippen molar-refractivity contribution < 1.29 is 4.74 Å². The fraction of sp³-hybridized carbons (Fsp3) is 0.286. The van der Waals surface area contributed by atoms with E-state index in [0.717, 1.165) is 40.1 Å². The summed E-state index contributed by atoms with van der Waals surface area (Å²) in [6.45, 7) is 6.75. The first kappa shape index (κ1) is 18.9. The number of aromatic nitrogens is 1. The first-order valence-electron chi connectivity index (χ1n) is 8.73. The lowest BCUT2D eigenvalue weighted by molar-refractivity contribution is 0.305. The van der Waals surface area contributed by atoms with Crippen molar-refractivity contribution in [3.8, 4) is 17.0 Å². The second kappa shape index (κ2) is 9.17. The van der Waals surface area contributed by atoms with Crippen molar-refractivity contribution in [2.75, 3.05) is 6.54 Å². The Kier molecular flexibility index (Phi) is 6.67. The zero-order valence-corrected chi connectivity index (χ0v) is 16.6. The summed E-state index contributed by atoms with van der Waals surface area (Å²) in [5.41, 5.74) is 3.25. The lowest BCUT2D eigenvalue weighted by Gasteiger charge is -2.09. The predicted molar refractivity (Wildman–Crippen MR) is 110 cm³/mol. The van der Waals surface area contributed by atoms with Gasteiger partial charge in [-0.1, -0.05) is 49.7 Å². The van der Waals surface area contributed by atoms with Gasteiger partial charge in [0, 0.05) is 22.5 Å². The van der Waals surface area contributed by atoms with Crippen LogP contribution in [0.2, 0.25) is 5.02 Å². The van der Waals surface area contributed by atoms with Gasteiger partial charge in [0.05, 0.1) is 5.69 Å². The highest BCUT2D eigenvalue weighted by molar-refractivity contribution is 7.09. The van der Waals surface area contributed by atoms with E-state index in [1.807, 2.05) is 41.8 Å². The van der Waals surface area contributed by atoms with E-state index in [0.29, 0.717) is 12.5 Å². The van der Waals surface area contributed by atoms with Gasteiger partial charge in [-0.15, -0.1) is 11.3 Å². The molecule has 2 aromatic carbocycles. The summed E-state index contributed by atoms with van der Waals surface area (Å²) in [5, 5.41) is 7.19. The van der Waals surface area contributed by atoms with Gasteiger partial charge < -0.3 is 10.1 Å². The third kappa shape index (κ3) is 5.56. The van der Waals surface area contributed by atoms with Crippen LogP contribution in [-0.4, -0.2) is 11.5 Å². The molecule has 3 rings (SSSR count). The molecule has 0 aliphatic carbocycles. The SMILES string of the molecule is CC(C)CNCc1cccc(OCc2nc(-c3ccc(Cl)cc3)cs2)c1. The first-order valence-corrected chi connectivity index (χ1v) is 9.99. The summed E-state index contributed by atoms with van der Waals surface area (Å²) in [4.78, 5) is 4.65. The fourth-order valence-corrected chi connectivity index (χ4v) is 3.37. The third-order valence-electron chi connectivity index (χ3n) is 3.83. The maximum Gasteiger partial charge on any atom is 0.140 e. The number of nitrogens with zero attached hydrogens (tertiary/aromatic N) is 1. The molecular formula is C21H23ClN2OS. The van der Waals surface area contributed by atoms with Crippen molar-refractivity contribution in [1.82, 2.24) is 10.3 Å². The number of ether oxygens (including phenoxy) is 1. The Morgan fingerprint density at radius 2 is 1.96 bits per heavy atom. The lowest BCUT2D eigenvalue weighted by Crippen LogP contribution is -2.18. The van der Waals surface area contributed by atoms with Crippen LogP contribution in [0, 0.1) is 5.92 Å². The van der Waals surface area contributed by atoms with Crippen LogP contribution >= 0.6 is 22.9 Å². The van der Waals surface area contributed by atoms with Gasteiger partial charge in [0.2, 0.25) is 0 Å². The van der Waals surface area contributed by atoms with E-state index in [4.69, 9.17) is 16.3 Å². The molecule has 0 saturated heterocycles. The molecule has 0 aliphatic rings. The minimum absolute atomic E-state index is 0.473. The smallest absolute Gasteiger partial charge is 0.140 e. The van der Waals surface area contributed by atoms with E-state index < -0.39 is 0 Å². The maximum atomic E-state index is 5.94. The first-order chi connectivity index (χ1) is 12.6. The number of benzene rings is 2. The van der Waals surface area contributed by atoms with Crippen molar-refractivity contribution in [2.24, 2.45) is 5.92 Å². The van der Waals surface area contributed by atoms with Gasteiger partial charge in [-0.3, -0.25) is 0 Å². The van der Waals surface area contributed by atoms with E-state index in [9.17, 15) is 0 Å². The number of halogens is 1. The molecule has 0 atom stereocenters. The Balaban J connectivity index is 1.56. The van der Waals surface area contributed by atoms with Crippen LogP contribution in [0.3, 0.4) is 0 Å². The van der Waals surface area contributed by atoms with Crippen molar-refractivity contribution >= 4 is 22.9 Å². The molecule has 0 unspecified atom stereocenters. The summed E-state index contributed by atoms with van der Waals surface area (Å²) in [5.74, 6) is 1.52. The molecule has 3 aromatic rings. The van der Waals surface area contributed by atoms with E-state index in [1.165, 1.54) is 5.56 Å². The molecule has 0 fully saturated rings. The zero-order valence-electron chi connectivity index (χ0n) is 15.0. The van der Waals surface area contributed by atoms with Crippen LogP contribution in [0.15, 0.2) is 53.9 Å². The predicted octanol–water partition coefficient (Wildman–Crippen LogP) is 5.79. The maximum absolute atomic E-state index is 5.94. The molecule has 1 aromatic heterocycles. The zero-order chi connectivity index (χ0) is 18.4. The second-order valence-electron chi connectivity index (χ2n) is 6.59. The van der Waals surface area contributed by atoms with Crippen LogP contribution in [0.25, 0.3) is 11.3 Å². The summed E-state index contributed by atoms with van der Waals surface area (Å²) < 4.78 is 5.93. The van der Waals surface area contributed by atoms with Gasteiger partial charge >= 0.3 is 0 Å². The topological polar surface area (TPSA) is 34.1 Å². The summed E-state index contributed by atoms with van der Waals surface area (Å²) in [6, 6.07) is 15.9. The van der Waals surface area contributed by atoms with E-state index >= 15 is 0 Å². The standard InChI is InChI=1S/C21H23ClN2OS/c1-15(2)11-23-12-16-4-3-5-19(10-16)25-13-21-24-20(14-26-21)17-6-8-18(22)9-7-17/h3-10,14-15,23H,11-13H2,1-2H3. The highest BCUT2D eigenvalue weighted by Crippen LogP contribution is 2.24. The van der Waals surface area contributed by atoms with Crippen molar-refractivity contribution in [2.45, 2.75) is 27.0 Å². The largest absolute Gasteiger partial charge is 0.486 e. The highest BCUT2D eigenvalue weighted by atomic mass is 35.5. The van der Waals surface area contributed by atoms with Crippen molar-refractivity contribution in [1.29, 1.82) is 0 Å². The molecule has 1 N–H and O–H groups in total. The number of nitrogens with one attached hydrogen (secondary N) is 1. The molecule has 5 heteroatoms. The average molecular weight is 387 g/mol. The van der Waals surface area contributed by atoms with Crippen LogP contribution in [0.1, 0.15) is 24.4 Å². The normalized spacial score (nSPS) is 11.1. The van der Waals surface area contributed by atoms with Gasteiger partial charge in [0.1, 0.15) is 17.4 Å². The Morgan fingerprint density at radius 1 is 1.15 bits per heavy atom. The van der Waals surface area contributed by atoms with Gasteiger partial charge in [0.25, 0.3) is 0 Å². The molecule has 0 saturated carbocycles. The molecule has 0 bridgehead atoms. The second-order valence-corrected chi connectivity index (χ2v) is 7.97. The Morgan fingerprint density at radius 3 is 2.73 bits per heavy atom. The van der Waals surface area contributed by atoms with Crippen LogP contribution in [0.5, 0.6) is 5.75 Å². The fourth-order valence-electron chi connectivity index (χ4n) is 2.53. The highest BCUT2D eigenvalue weighted by Gasteiger charge is 2.06. The molecule has 0 spiro atoms. The Labute approximate surface area is 164 Å². The molecule has 1 heterocycles. The monoisotopic (exact) mass is 386 g/mol. The van der Waals surface area contributed by atoms with Gasteiger partial charge in [-0.05, 0) is 42.3 Å². The van der Waals surface area contributed by atoms with Gasteiger partial charge in [-0.2, -0.15) is 0 Å². The summed E-state index contributed by atoms with van der Waals surface area (Å²) in [7, 11) is 0. The van der Waals surface area contributed by atoms with Crippen molar-refractivity contribution in [3.05, 3.63) is 69.5 Å². The quantitative estimate of drug-likeness (QED) is 0.532. The number of hydrogen-bond acceptors (Lipinski definition) is 4. The number of hydrogen-bond donors (Lipinski definition) is 1. The Hall–Kier alpha value is -1.88. The average Bonchev–Trinajstić information content (AvgIpc) is 3.10. The van der Waals surface area contributed by atoms with Crippen LogP contribution < -0.4 is 10.1 Å².